The molecule has 0 fully saturated rings. The van der Waals surface area contributed by atoms with Gasteiger partial charge in [0, 0.05) is 12.7 Å². The van der Waals surface area contributed by atoms with Crippen LogP contribution in [0.4, 0.5) is 4.79 Å². The number of esters is 1. The van der Waals surface area contributed by atoms with Crippen molar-refractivity contribution < 1.29 is 19.1 Å². The highest BCUT2D eigenvalue weighted by Crippen LogP contribution is 2.07. The molecule has 1 aromatic carbocycles. The average molecular weight is 367 g/mol. The van der Waals surface area contributed by atoms with Crippen molar-refractivity contribution in [3.63, 3.8) is 0 Å². The zero-order valence-corrected chi connectivity index (χ0v) is 14.5. The Balaban J connectivity index is 1.47. The maximum absolute atomic E-state index is 12.1. The van der Waals surface area contributed by atoms with Crippen molar-refractivity contribution in [2.45, 2.75) is 13.5 Å². The van der Waals surface area contributed by atoms with Gasteiger partial charge in [-0.15, -0.1) is 10.2 Å². The first-order chi connectivity index (χ1) is 13.0. The van der Waals surface area contributed by atoms with E-state index in [0.29, 0.717) is 11.5 Å². The van der Waals surface area contributed by atoms with Gasteiger partial charge in [0.15, 0.2) is 12.3 Å². The molecule has 9 heteroatoms. The largest absolute Gasteiger partial charge is 0.452 e. The van der Waals surface area contributed by atoms with Gasteiger partial charge in [-0.1, -0.05) is 30.3 Å². The predicted octanol–water partition coefficient (Wildman–Crippen LogP) is 1.22. The fourth-order valence-electron chi connectivity index (χ4n) is 2.33. The summed E-state index contributed by atoms with van der Waals surface area (Å²) < 4.78 is 6.57. The molecule has 3 aromatic rings. The molecule has 9 nitrogen and oxygen atoms in total. The van der Waals surface area contributed by atoms with Crippen molar-refractivity contribution >= 4 is 23.6 Å². The number of imide groups is 1. The molecule has 138 valence electrons. The van der Waals surface area contributed by atoms with Gasteiger partial charge in [-0.3, -0.25) is 14.5 Å². The Morgan fingerprint density at radius 1 is 1.07 bits per heavy atom. The van der Waals surface area contributed by atoms with Gasteiger partial charge in [-0.25, -0.2) is 9.59 Å². The van der Waals surface area contributed by atoms with Crippen LogP contribution in [-0.2, 0) is 16.1 Å². The number of aromatic nitrogens is 3. The number of hydrogen-bond acceptors (Lipinski definition) is 6. The van der Waals surface area contributed by atoms with E-state index in [1.165, 1.54) is 12.3 Å². The Bertz CT molecular complexity index is 984. The number of amides is 3. The maximum atomic E-state index is 12.1. The van der Waals surface area contributed by atoms with E-state index < -0.39 is 24.5 Å². The number of ether oxygens (including phenoxy) is 1. The lowest BCUT2D eigenvalue weighted by molar-refractivity contribution is -0.123. The minimum atomic E-state index is -0.726. The Morgan fingerprint density at radius 2 is 1.85 bits per heavy atom. The van der Waals surface area contributed by atoms with Gasteiger partial charge in [0.1, 0.15) is 5.82 Å². The highest BCUT2D eigenvalue weighted by Gasteiger charge is 2.14. The maximum Gasteiger partial charge on any atom is 0.340 e. The summed E-state index contributed by atoms with van der Waals surface area (Å²) in [7, 11) is 0. The molecule has 0 saturated carbocycles. The van der Waals surface area contributed by atoms with Gasteiger partial charge in [-0.2, -0.15) is 0 Å². The highest BCUT2D eigenvalue weighted by atomic mass is 16.5. The van der Waals surface area contributed by atoms with E-state index >= 15 is 0 Å². The molecule has 0 aliphatic carbocycles. The van der Waals surface area contributed by atoms with Gasteiger partial charge >= 0.3 is 12.0 Å². The van der Waals surface area contributed by atoms with Crippen LogP contribution >= 0.6 is 0 Å². The van der Waals surface area contributed by atoms with E-state index in [0.717, 1.165) is 5.56 Å². The number of benzene rings is 1. The normalized spacial score (nSPS) is 10.4. The third kappa shape index (κ3) is 4.66. The van der Waals surface area contributed by atoms with E-state index in [1.54, 1.807) is 17.4 Å². The summed E-state index contributed by atoms with van der Waals surface area (Å²) in [6, 6.07) is 11.7. The number of rotatable bonds is 5. The zero-order chi connectivity index (χ0) is 19.2. The molecule has 0 unspecified atom stereocenters. The standard InChI is InChI=1S/C18H17N5O4/c1-12-21-22-15-8-7-14(10-23(12)15)17(25)27-11-16(24)20-18(26)19-9-13-5-3-2-4-6-13/h2-8,10H,9,11H2,1H3,(H2,19,20,24,26). The zero-order valence-electron chi connectivity index (χ0n) is 14.5. The van der Waals surface area contributed by atoms with Crippen molar-refractivity contribution in [3.8, 4) is 0 Å². The van der Waals surface area contributed by atoms with Gasteiger partial charge in [0.05, 0.1) is 5.56 Å². The number of pyridine rings is 1. The first kappa shape index (κ1) is 18.1. The molecule has 2 heterocycles. The summed E-state index contributed by atoms with van der Waals surface area (Å²) in [5.74, 6) is -0.798. The molecule has 3 amide bonds. The molecule has 0 aliphatic rings. The first-order valence-electron chi connectivity index (χ1n) is 8.13. The summed E-state index contributed by atoms with van der Waals surface area (Å²) in [5, 5.41) is 12.5. The number of nitrogens with one attached hydrogen (secondary N) is 2. The number of nitrogens with zero attached hydrogens (tertiary/aromatic N) is 3. The van der Waals surface area contributed by atoms with Gasteiger partial charge in [0.2, 0.25) is 0 Å². The van der Waals surface area contributed by atoms with Crippen LogP contribution in [-0.4, -0.2) is 39.1 Å². The van der Waals surface area contributed by atoms with Crippen LogP contribution in [0.1, 0.15) is 21.7 Å². The van der Waals surface area contributed by atoms with Crippen LogP contribution in [0.3, 0.4) is 0 Å². The number of carbonyl (C=O) groups is 3. The second-order valence-electron chi connectivity index (χ2n) is 5.69. The third-order valence-electron chi connectivity index (χ3n) is 3.69. The fraction of sp³-hybridized carbons (Fsp3) is 0.167. The van der Waals surface area contributed by atoms with Gasteiger partial charge in [0.25, 0.3) is 5.91 Å². The summed E-state index contributed by atoms with van der Waals surface area (Å²) in [6.07, 6.45) is 1.53. The van der Waals surface area contributed by atoms with Gasteiger partial charge in [-0.05, 0) is 24.6 Å². The highest BCUT2D eigenvalue weighted by molar-refractivity contribution is 5.97. The van der Waals surface area contributed by atoms with E-state index in [9.17, 15) is 14.4 Å². The lowest BCUT2D eigenvalue weighted by Gasteiger charge is -2.08. The summed E-state index contributed by atoms with van der Waals surface area (Å²) in [6.45, 7) is 1.45. The summed E-state index contributed by atoms with van der Waals surface area (Å²) in [5.41, 5.74) is 1.73. The number of hydrogen-bond donors (Lipinski definition) is 2. The second kappa shape index (κ2) is 8.09. The smallest absolute Gasteiger partial charge is 0.340 e. The fourth-order valence-corrected chi connectivity index (χ4v) is 2.33. The van der Waals surface area contributed by atoms with E-state index in [-0.39, 0.29) is 12.1 Å². The summed E-state index contributed by atoms with van der Waals surface area (Å²) >= 11 is 0. The van der Waals surface area contributed by atoms with E-state index in [4.69, 9.17) is 4.74 Å². The quantitative estimate of drug-likeness (QED) is 0.655. The van der Waals surface area contributed by atoms with Crippen LogP contribution in [0.5, 0.6) is 0 Å². The molecule has 0 radical (unpaired) electrons. The molecule has 3 rings (SSSR count). The van der Waals surface area contributed by atoms with Crippen molar-refractivity contribution in [3.05, 3.63) is 65.6 Å². The number of urea groups is 1. The Morgan fingerprint density at radius 3 is 2.63 bits per heavy atom. The monoisotopic (exact) mass is 367 g/mol. The molecular weight excluding hydrogens is 350 g/mol. The van der Waals surface area contributed by atoms with Crippen LogP contribution in [0.15, 0.2) is 48.7 Å². The lowest BCUT2D eigenvalue weighted by Crippen LogP contribution is -2.41. The van der Waals surface area contributed by atoms with Crippen LogP contribution in [0.2, 0.25) is 0 Å². The predicted molar refractivity (Wildman–Crippen MR) is 94.8 cm³/mol. The molecule has 0 spiro atoms. The first-order valence-corrected chi connectivity index (χ1v) is 8.13. The lowest BCUT2D eigenvalue weighted by atomic mass is 10.2. The topological polar surface area (TPSA) is 115 Å². The number of aryl methyl sites for hydroxylation is 1. The minimum absolute atomic E-state index is 0.242. The second-order valence-corrected chi connectivity index (χ2v) is 5.69. The molecule has 2 aromatic heterocycles. The number of carbonyl (C=O) groups excluding carboxylic acids is 3. The SMILES string of the molecule is Cc1nnc2ccc(C(=O)OCC(=O)NC(=O)NCc3ccccc3)cn12. The molecule has 0 bridgehead atoms. The molecule has 0 aliphatic heterocycles. The van der Waals surface area contributed by atoms with Crippen molar-refractivity contribution in [1.29, 1.82) is 0 Å². The van der Waals surface area contributed by atoms with Gasteiger partial charge < -0.3 is 10.1 Å². The van der Waals surface area contributed by atoms with E-state index in [1.807, 2.05) is 30.3 Å². The third-order valence-corrected chi connectivity index (χ3v) is 3.69. The van der Waals surface area contributed by atoms with Crippen LogP contribution in [0.25, 0.3) is 5.65 Å². The Hall–Kier alpha value is -3.75. The average Bonchev–Trinajstić information content (AvgIpc) is 3.05. The molecule has 27 heavy (non-hydrogen) atoms. The van der Waals surface area contributed by atoms with Crippen molar-refractivity contribution in [2.75, 3.05) is 6.61 Å². The molecule has 2 N–H and O–H groups in total. The van der Waals surface area contributed by atoms with Crippen LogP contribution < -0.4 is 10.6 Å². The van der Waals surface area contributed by atoms with E-state index in [2.05, 4.69) is 20.8 Å². The molecular formula is C18H17N5O4. The van der Waals surface area contributed by atoms with Crippen molar-refractivity contribution in [2.24, 2.45) is 0 Å². The summed E-state index contributed by atoms with van der Waals surface area (Å²) in [4.78, 5) is 35.5. The Kier molecular flexibility index (Phi) is 5.41. The number of fused-ring (bicyclic) bond motifs is 1. The molecule has 0 saturated heterocycles. The van der Waals surface area contributed by atoms with Crippen molar-refractivity contribution in [1.82, 2.24) is 25.2 Å². The van der Waals surface area contributed by atoms with Crippen LogP contribution in [0, 0.1) is 6.92 Å². The Labute approximate surface area is 154 Å². The minimum Gasteiger partial charge on any atom is -0.452 e. The molecule has 0 atom stereocenters.